The van der Waals surface area contributed by atoms with Gasteiger partial charge in [0.2, 0.25) is 0 Å². The number of aliphatic hydroxyl groups excluding tert-OH is 2. The molecule has 0 spiro atoms. The predicted molar refractivity (Wildman–Crippen MR) is 63.4 cm³/mol. The van der Waals surface area contributed by atoms with Gasteiger partial charge in [0.05, 0.1) is 18.8 Å². The second-order valence-electron chi connectivity index (χ2n) is 4.64. The Morgan fingerprint density at radius 3 is 3.00 bits per heavy atom. The monoisotopic (exact) mass is 231 g/mol. The van der Waals surface area contributed by atoms with Crippen LogP contribution in [0.15, 0.2) is 0 Å². The minimum absolute atomic E-state index is 0.220. The maximum absolute atomic E-state index is 9.74. The Kier molecular flexibility index (Phi) is 6.96. The number of aliphatic hydroxyl groups is 2. The number of piperidine rings is 1. The molecular weight excluding hydrogens is 206 g/mol. The van der Waals surface area contributed by atoms with Crippen LogP contribution in [0.5, 0.6) is 0 Å². The number of β-amino-alcohol motifs (C(OH)–C–C–N with tert-alkyl or cyclic N) is 2. The molecule has 1 aliphatic rings. The van der Waals surface area contributed by atoms with Crippen LogP contribution in [-0.2, 0) is 4.74 Å². The van der Waals surface area contributed by atoms with E-state index in [0.717, 1.165) is 38.8 Å². The zero-order chi connectivity index (χ0) is 11.8. The summed E-state index contributed by atoms with van der Waals surface area (Å²) in [6.07, 6.45) is 3.43. The summed E-state index contributed by atoms with van der Waals surface area (Å²) in [4.78, 5) is 2.11. The van der Waals surface area contributed by atoms with Crippen molar-refractivity contribution in [3.05, 3.63) is 0 Å². The van der Waals surface area contributed by atoms with Crippen LogP contribution >= 0.6 is 0 Å². The van der Waals surface area contributed by atoms with Gasteiger partial charge in [0, 0.05) is 19.7 Å². The van der Waals surface area contributed by atoms with Crippen LogP contribution in [0.3, 0.4) is 0 Å². The molecule has 0 aromatic heterocycles. The minimum Gasteiger partial charge on any atom is -0.392 e. The van der Waals surface area contributed by atoms with Crippen LogP contribution in [0.2, 0.25) is 0 Å². The molecule has 0 aromatic rings. The first-order valence-corrected chi connectivity index (χ1v) is 6.38. The molecule has 1 rings (SSSR count). The molecule has 0 aromatic carbocycles. The third-order valence-electron chi connectivity index (χ3n) is 2.90. The summed E-state index contributed by atoms with van der Waals surface area (Å²) in [6.45, 7) is 5.54. The van der Waals surface area contributed by atoms with Crippen LogP contribution in [0.4, 0.5) is 0 Å². The average Bonchev–Trinajstić information content (AvgIpc) is 2.24. The Balaban J connectivity index is 2.06. The van der Waals surface area contributed by atoms with Crippen molar-refractivity contribution >= 4 is 0 Å². The van der Waals surface area contributed by atoms with E-state index >= 15 is 0 Å². The van der Waals surface area contributed by atoms with Crippen LogP contribution < -0.4 is 0 Å². The Morgan fingerprint density at radius 1 is 1.50 bits per heavy atom. The molecule has 0 aliphatic carbocycles. The molecule has 96 valence electrons. The lowest BCUT2D eigenvalue weighted by atomic mass is 10.1. The van der Waals surface area contributed by atoms with Gasteiger partial charge in [0.15, 0.2) is 0 Å². The van der Waals surface area contributed by atoms with Gasteiger partial charge in [-0.05, 0) is 25.8 Å². The van der Waals surface area contributed by atoms with E-state index in [4.69, 9.17) is 4.74 Å². The van der Waals surface area contributed by atoms with E-state index in [1.165, 1.54) is 0 Å². The normalized spacial score (nSPS) is 24.6. The largest absolute Gasteiger partial charge is 0.392 e. The molecule has 2 unspecified atom stereocenters. The summed E-state index contributed by atoms with van der Waals surface area (Å²) in [5.41, 5.74) is 0. The number of hydrogen-bond donors (Lipinski definition) is 2. The molecule has 1 heterocycles. The number of hydrogen-bond acceptors (Lipinski definition) is 4. The van der Waals surface area contributed by atoms with E-state index in [-0.39, 0.29) is 6.10 Å². The van der Waals surface area contributed by atoms with Crippen molar-refractivity contribution in [3.63, 3.8) is 0 Å². The number of likely N-dealkylation sites (tertiary alicyclic amines) is 1. The summed E-state index contributed by atoms with van der Waals surface area (Å²) in [5.74, 6) is 0. The smallest absolute Gasteiger partial charge is 0.0900 e. The fourth-order valence-electron chi connectivity index (χ4n) is 2.01. The highest BCUT2D eigenvalue weighted by Gasteiger charge is 2.19. The summed E-state index contributed by atoms with van der Waals surface area (Å²) in [6, 6.07) is 0. The van der Waals surface area contributed by atoms with Crippen molar-refractivity contribution < 1.29 is 14.9 Å². The molecule has 1 fully saturated rings. The Labute approximate surface area is 98.2 Å². The van der Waals surface area contributed by atoms with Gasteiger partial charge in [0.1, 0.15) is 0 Å². The van der Waals surface area contributed by atoms with E-state index in [9.17, 15) is 10.2 Å². The summed E-state index contributed by atoms with van der Waals surface area (Å²) in [5, 5.41) is 19.2. The number of rotatable bonds is 7. The van der Waals surface area contributed by atoms with E-state index in [1.807, 2.05) is 0 Å². The lowest BCUT2D eigenvalue weighted by molar-refractivity contribution is -0.00327. The number of unbranched alkanes of at least 4 members (excludes halogenated alkanes) is 1. The third kappa shape index (κ3) is 5.80. The van der Waals surface area contributed by atoms with Gasteiger partial charge in [-0.15, -0.1) is 0 Å². The highest BCUT2D eigenvalue weighted by molar-refractivity contribution is 4.73. The van der Waals surface area contributed by atoms with Crippen LogP contribution in [0.1, 0.15) is 32.6 Å². The summed E-state index contributed by atoms with van der Waals surface area (Å²) >= 11 is 0. The Morgan fingerprint density at radius 2 is 2.31 bits per heavy atom. The molecule has 0 bridgehead atoms. The SMILES string of the molecule is CCCCOCC(O)CN1CCCC(O)C1. The van der Waals surface area contributed by atoms with Crippen molar-refractivity contribution in [2.75, 3.05) is 32.8 Å². The molecule has 1 saturated heterocycles. The minimum atomic E-state index is -0.429. The van der Waals surface area contributed by atoms with Gasteiger partial charge in [-0.2, -0.15) is 0 Å². The number of ether oxygens (including phenoxy) is 1. The van der Waals surface area contributed by atoms with Crippen molar-refractivity contribution in [1.29, 1.82) is 0 Å². The zero-order valence-corrected chi connectivity index (χ0v) is 10.3. The highest BCUT2D eigenvalue weighted by Crippen LogP contribution is 2.10. The third-order valence-corrected chi connectivity index (χ3v) is 2.90. The molecule has 4 nitrogen and oxygen atoms in total. The molecule has 0 radical (unpaired) electrons. The number of nitrogens with zero attached hydrogens (tertiary/aromatic N) is 1. The van der Waals surface area contributed by atoms with Crippen molar-refractivity contribution in [1.82, 2.24) is 4.90 Å². The van der Waals surface area contributed by atoms with Crippen LogP contribution in [-0.4, -0.2) is 60.2 Å². The van der Waals surface area contributed by atoms with Crippen LogP contribution in [0.25, 0.3) is 0 Å². The molecule has 1 aliphatic heterocycles. The fourth-order valence-corrected chi connectivity index (χ4v) is 2.01. The highest BCUT2D eigenvalue weighted by atomic mass is 16.5. The second-order valence-corrected chi connectivity index (χ2v) is 4.64. The van der Waals surface area contributed by atoms with Gasteiger partial charge in [-0.3, -0.25) is 4.90 Å². The molecule has 0 amide bonds. The maximum atomic E-state index is 9.74. The van der Waals surface area contributed by atoms with E-state index in [0.29, 0.717) is 19.7 Å². The van der Waals surface area contributed by atoms with Crippen molar-refractivity contribution in [2.45, 2.75) is 44.8 Å². The zero-order valence-electron chi connectivity index (χ0n) is 10.3. The first-order valence-electron chi connectivity index (χ1n) is 6.38. The first kappa shape index (κ1) is 13.9. The molecule has 16 heavy (non-hydrogen) atoms. The lowest BCUT2D eigenvalue weighted by Gasteiger charge is -2.31. The van der Waals surface area contributed by atoms with Gasteiger partial charge < -0.3 is 14.9 Å². The molecule has 0 saturated carbocycles. The fraction of sp³-hybridized carbons (Fsp3) is 1.00. The molecular formula is C12H25NO3. The molecule has 2 N–H and O–H groups in total. The van der Waals surface area contributed by atoms with Crippen LogP contribution in [0, 0.1) is 0 Å². The van der Waals surface area contributed by atoms with E-state index in [2.05, 4.69) is 11.8 Å². The maximum Gasteiger partial charge on any atom is 0.0900 e. The summed E-state index contributed by atoms with van der Waals surface area (Å²) in [7, 11) is 0. The van der Waals surface area contributed by atoms with E-state index in [1.54, 1.807) is 0 Å². The average molecular weight is 231 g/mol. The predicted octanol–water partition coefficient (Wildman–Crippen LogP) is 0.621. The summed E-state index contributed by atoms with van der Waals surface area (Å²) < 4.78 is 5.37. The van der Waals surface area contributed by atoms with Gasteiger partial charge in [-0.25, -0.2) is 0 Å². The Hall–Kier alpha value is -0.160. The second kappa shape index (κ2) is 8.01. The standard InChI is InChI=1S/C12H25NO3/c1-2-3-7-16-10-12(15)9-13-6-4-5-11(14)8-13/h11-12,14-15H,2-10H2,1H3. The van der Waals surface area contributed by atoms with Crippen molar-refractivity contribution in [3.8, 4) is 0 Å². The first-order chi connectivity index (χ1) is 7.72. The topological polar surface area (TPSA) is 52.9 Å². The van der Waals surface area contributed by atoms with Crippen molar-refractivity contribution in [2.24, 2.45) is 0 Å². The Bertz CT molecular complexity index is 178. The van der Waals surface area contributed by atoms with E-state index < -0.39 is 6.10 Å². The molecule has 4 heteroatoms. The quantitative estimate of drug-likeness (QED) is 0.631. The van der Waals surface area contributed by atoms with Gasteiger partial charge >= 0.3 is 0 Å². The lowest BCUT2D eigenvalue weighted by Crippen LogP contribution is -2.43. The molecule has 2 atom stereocenters. The van der Waals surface area contributed by atoms with Gasteiger partial charge in [0.25, 0.3) is 0 Å². The van der Waals surface area contributed by atoms with Gasteiger partial charge in [-0.1, -0.05) is 13.3 Å².